The van der Waals surface area contributed by atoms with Crippen molar-refractivity contribution >= 4 is 5.91 Å². The number of phenols is 1. The highest BCUT2D eigenvalue weighted by Gasteiger charge is 2.22. The maximum atomic E-state index is 10.8. The van der Waals surface area contributed by atoms with Crippen molar-refractivity contribution in [2.75, 3.05) is 0 Å². The summed E-state index contributed by atoms with van der Waals surface area (Å²) in [4.78, 5) is 10.8. The Hall–Kier alpha value is -1.55. The van der Waals surface area contributed by atoms with Crippen LogP contribution < -0.4 is 11.5 Å². The molecule has 0 aliphatic rings. The largest absolute Gasteiger partial charge is 0.507 e. The van der Waals surface area contributed by atoms with Crippen molar-refractivity contribution in [3.63, 3.8) is 0 Å². The molecule has 1 atom stereocenters. The van der Waals surface area contributed by atoms with E-state index in [4.69, 9.17) is 11.5 Å². The zero-order chi connectivity index (χ0) is 13.2. The first-order valence-electron chi connectivity index (χ1n) is 5.59. The molecule has 4 nitrogen and oxygen atoms in total. The molecule has 0 aliphatic carbocycles. The summed E-state index contributed by atoms with van der Waals surface area (Å²) in [5.74, 6) is -0.313. The van der Waals surface area contributed by atoms with Crippen molar-refractivity contribution in [3.05, 3.63) is 29.3 Å². The molecular formula is C13H20N2O2. The molecule has 0 heterocycles. The van der Waals surface area contributed by atoms with E-state index in [2.05, 4.69) is 0 Å². The lowest BCUT2D eigenvalue weighted by Crippen LogP contribution is -2.21. The summed E-state index contributed by atoms with van der Waals surface area (Å²) < 4.78 is 0. The Morgan fingerprint density at radius 3 is 2.47 bits per heavy atom. The highest BCUT2D eigenvalue weighted by Crippen LogP contribution is 2.35. The number of rotatable bonds is 3. The molecule has 5 N–H and O–H groups in total. The Balaban J connectivity index is 3.15. The molecule has 0 fully saturated rings. The molecule has 0 saturated carbocycles. The number of primary amides is 1. The fraction of sp³-hybridized carbons (Fsp3) is 0.462. The van der Waals surface area contributed by atoms with Gasteiger partial charge in [-0.3, -0.25) is 4.79 Å². The maximum Gasteiger partial charge on any atom is 0.219 e. The van der Waals surface area contributed by atoms with Crippen molar-refractivity contribution in [2.45, 2.75) is 38.6 Å². The summed E-state index contributed by atoms with van der Waals surface area (Å²) in [7, 11) is 0. The third kappa shape index (κ3) is 3.20. The van der Waals surface area contributed by atoms with E-state index >= 15 is 0 Å². The minimum Gasteiger partial charge on any atom is -0.507 e. The smallest absolute Gasteiger partial charge is 0.219 e. The Morgan fingerprint density at radius 2 is 2.00 bits per heavy atom. The molecule has 1 aromatic carbocycles. The number of nitrogens with two attached hydrogens (primary N) is 2. The first-order chi connectivity index (χ1) is 7.73. The van der Waals surface area contributed by atoms with Gasteiger partial charge in [0.15, 0.2) is 0 Å². The van der Waals surface area contributed by atoms with Crippen LogP contribution in [0.1, 0.15) is 44.4 Å². The van der Waals surface area contributed by atoms with E-state index in [1.165, 1.54) is 0 Å². The van der Waals surface area contributed by atoms with Gasteiger partial charge >= 0.3 is 0 Å². The lowest BCUT2D eigenvalue weighted by molar-refractivity contribution is -0.118. The van der Waals surface area contributed by atoms with E-state index < -0.39 is 11.9 Å². The van der Waals surface area contributed by atoms with E-state index in [0.717, 1.165) is 5.56 Å². The van der Waals surface area contributed by atoms with Crippen LogP contribution in [0.25, 0.3) is 0 Å². The second kappa shape index (κ2) is 4.75. The summed E-state index contributed by atoms with van der Waals surface area (Å²) in [6.07, 6.45) is 0.0289. The molecule has 4 heteroatoms. The van der Waals surface area contributed by atoms with E-state index in [1.54, 1.807) is 6.07 Å². The Kier molecular flexibility index (Phi) is 3.78. The molecule has 0 saturated heterocycles. The van der Waals surface area contributed by atoms with Gasteiger partial charge < -0.3 is 16.6 Å². The van der Waals surface area contributed by atoms with E-state index in [-0.39, 0.29) is 17.6 Å². The molecule has 1 aromatic rings. The summed E-state index contributed by atoms with van der Waals surface area (Å²) in [6, 6.07) is 4.85. The topological polar surface area (TPSA) is 89.3 Å². The first kappa shape index (κ1) is 13.5. The lowest BCUT2D eigenvalue weighted by Gasteiger charge is -2.23. The van der Waals surface area contributed by atoms with Crippen LogP contribution >= 0.6 is 0 Å². The number of hydrogen-bond donors (Lipinski definition) is 3. The summed E-state index contributed by atoms with van der Waals surface area (Å²) in [5.41, 5.74) is 12.2. The summed E-state index contributed by atoms with van der Waals surface area (Å²) in [5, 5.41) is 10.2. The van der Waals surface area contributed by atoms with Gasteiger partial charge in [0.25, 0.3) is 0 Å². The van der Waals surface area contributed by atoms with Crippen molar-refractivity contribution in [1.82, 2.24) is 0 Å². The highest BCUT2D eigenvalue weighted by molar-refractivity contribution is 5.74. The molecule has 1 amide bonds. The predicted octanol–water partition coefficient (Wildman–Crippen LogP) is 1.56. The summed E-state index contributed by atoms with van der Waals surface area (Å²) >= 11 is 0. The fourth-order valence-corrected chi connectivity index (χ4v) is 1.79. The molecule has 0 aromatic heterocycles. The standard InChI is InChI=1S/C13H20N2O2/c1-13(2,3)9-6-4-5-8(12(9)17)10(14)7-11(15)16/h4-6,10,17H,7,14H2,1-3H3,(H2,15,16). The molecular weight excluding hydrogens is 216 g/mol. The normalized spacial score (nSPS) is 13.4. The average Bonchev–Trinajstić information content (AvgIpc) is 2.14. The maximum absolute atomic E-state index is 10.8. The van der Waals surface area contributed by atoms with Crippen LogP contribution in [0, 0.1) is 0 Å². The Labute approximate surface area is 102 Å². The van der Waals surface area contributed by atoms with Gasteiger partial charge in [0.2, 0.25) is 5.91 Å². The van der Waals surface area contributed by atoms with Crippen LogP contribution in [-0.2, 0) is 10.2 Å². The quantitative estimate of drug-likeness (QED) is 0.744. The van der Waals surface area contributed by atoms with Crippen LogP contribution in [0.3, 0.4) is 0 Å². The highest BCUT2D eigenvalue weighted by atomic mass is 16.3. The minimum absolute atomic E-state index is 0.0289. The average molecular weight is 236 g/mol. The van der Waals surface area contributed by atoms with Crippen molar-refractivity contribution < 1.29 is 9.90 Å². The Bertz CT molecular complexity index is 422. The van der Waals surface area contributed by atoms with Gasteiger partial charge in [-0.15, -0.1) is 0 Å². The number of benzene rings is 1. The van der Waals surface area contributed by atoms with Gasteiger partial charge in [-0.25, -0.2) is 0 Å². The zero-order valence-corrected chi connectivity index (χ0v) is 10.5. The molecule has 17 heavy (non-hydrogen) atoms. The van der Waals surface area contributed by atoms with E-state index in [9.17, 15) is 9.90 Å². The predicted molar refractivity (Wildman–Crippen MR) is 67.5 cm³/mol. The SMILES string of the molecule is CC(C)(C)c1cccc(C(N)CC(N)=O)c1O. The lowest BCUT2D eigenvalue weighted by atomic mass is 9.84. The van der Waals surface area contributed by atoms with Crippen LogP contribution in [-0.4, -0.2) is 11.0 Å². The van der Waals surface area contributed by atoms with Crippen LogP contribution in [0.4, 0.5) is 0 Å². The van der Waals surface area contributed by atoms with Gasteiger partial charge in [0, 0.05) is 18.0 Å². The van der Waals surface area contributed by atoms with Gasteiger partial charge in [0.05, 0.1) is 0 Å². The van der Waals surface area contributed by atoms with Crippen molar-refractivity contribution in [3.8, 4) is 5.75 Å². The van der Waals surface area contributed by atoms with Gasteiger partial charge in [0.1, 0.15) is 5.75 Å². The number of carbonyl (C=O) groups excluding carboxylic acids is 1. The minimum atomic E-state index is -0.560. The monoisotopic (exact) mass is 236 g/mol. The van der Waals surface area contributed by atoms with Crippen LogP contribution in [0.2, 0.25) is 0 Å². The second-order valence-electron chi connectivity index (χ2n) is 5.27. The molecule has 0 aliphatic heterocycles. The molecule has 1 rings (SSSR count). The first-order valence-corrected chi connectivity index (χ1v) is 5.59. The number of carbonyl (C=O) groups is 1. The second-order valence-corrected chi connectivity index (χ2v) is 5.27. The molecule has 0 bridgehead atoms. The Morgan fingerprint density at radius 1 is 1.41 bits per heavy atom. The van der Waals surface area contributed by atoms with Gasteiger partial charge in [-0.1, -0.05) is 39.0 Å². The van der Waals surface area contributed by atoms with Crippen molar-refractivity contribution in [2.24, 2.45) is 11.5 Å². The van der Waals surface area contributed by atoms with Crippen LogP contribution in [0.15, 0.2) is 18.2 Å². The molecule has 1 unspecified atom stereocenters. The van der Waals surface area contributed by atoms with Gasteiger partial charge in [-0.05, 0) is 11.0 Å². The third-order valence-electron chi connectivity index (χ3n) is 2.70. The van der Waals surface area contributed by atoms with Crippen LogP contribution in [0.5, 0.6) is 5.75 Å². The van der Waals surface area contributed by atoms with Gasteiger partial charge in [-0.2, -0.15) is 0 Å². The number of phenolic OH excluding ortho intramolecular Hbond substituents is 1. The van der Waals surface area contributed by atoms with E-state index in [1.807, 2.05) is 32.9 Å². The zero-order valence-electron chi connectivity index (χ0n) is 10.5. The molecule has 94 valence electrons. The fourth-order valence-electron chi connectivity index (χ4n) is 1.79. The summed E-state index contributed by atoms with van der Waals surface area (Å²) in [6.45, 7) is 6.02. The number of aromatic hydroxyl groups is 1. The molecule has 0 radical (unpaired) electrons. The molecule has 0 spiro atoms. The number of amides is 1. The number of para-hydroxylation sites is 1. The number of hydrogen-bond acceptors (Lipinski definition) is 3. The third-order valence-corrected chi connectivity index (χ3v) is 2.70. The van der Waals surface area contributed by atoms with E-state index in [0.29, 0.717) is 5.56 Å². The van der Waals surface area contributed by atoms with Crippen molar-refractivity contribution in [1.29, 1.82) is 0 Å².